The van der Waals surface area contributed by atoms with Gasteiger partial charge in [-0.2, -0.15) is 4.68 Å². The zero-order valence-electron chi connectivity index (χ0n) is 8.81. The van der Waals surface area contributed by atoms with Gasteiger partial charge in [-0.1, -0.05) is 29.3 Å². The van der Waals surface area contributed by atoms with E-state index in [1.807, 2.05) is 0 Å². The van der Waals surface area contributed by atoms with Crippen molar-refractivity contribution < 1.29 is 9.31 Å². The molecular formula is C10H6Cl2FN3O2. The van der Waals surface area contributed by atoms with Crippen molar-refractivity contribution >= 4 is 29.0 Å². The van der Waals surface area contributed by atoms with Crippen LogP contribution < -0.4 is 0 Å². The van der Waals surface area contributed by atoms with E-state index in [2.05, 4.69) is 5.10 Å². The Morgan fingerprint density at radius 2 is 2.17 bits per heavy atom. The predicted octanol–water partition coefficient (Wildman–Crippen LogP) is 3.29. The summed E-state index contributed by atoms with van der Waals surface area (Å²) in [5.74, 6) is -0.956. The Bertz CT molecular complexity index is 615. The lowest BCUT2D eigenvalue weighted by Crippen LogP contribution is -2.03. The molecule has 0 saturated heterocycles. The number of rotatable bonds is 3. The van der Waals surface area contributed by atoms with Gasteiger partial charge in [0, 0.05) is 10.6 Å². The Balaban J connectivity index is 2.29. The molecule has 1 aromatic heterocycles. The van der Waals surface area contributed by atoms with Crippen molar-refractivity contribution in [2.45, 2.75) is 6.54 Å². The van der Waals surface area contributed by atoms with Gasteiger partial charge in [0.15, 0.2) is 5.02 Å². The van der Waals surface area contributed by atoms with Gasteiger partial charge in [-0.3, -0.25) is 0 Å². The van der Waals surface area contributed by atoms with Crippen LogP contribution in [0.2, 0.25) is 10.0 Å². The minimum atomic E-state index is -0.697. The van der Waals surface area contributed by atoms with E-state index in [0.717, 1.165) is 6.07 Å². The standard InChI is InChI=1S/C10H6Cl2FN3O2/c11-7-2-1-6(9(13)3-7)4-15-5-8(12)10(14-15)16(17)18/h1-3,5H,4H2. The second kappa shape index (κ2) is 4.91. The van der Waals surface area contributed by atoms with Gasteiger partial charge in [0.05, 0.1) is 17.8 Å². The third kappa shape index (κ3) is 2.60. The van der Waals surface area contributed by atoms with Crippen LogP contribution in [0.1, 0.15) is 5.56 Å². The Hall–Kier alpha value is -1.66. The molecular weight excluding hydrogens is 284 g/mol. The summed E-state index contributed by atoms with van der Waals surface area (Å²) in [4.78, 5) is 9.86. The third-order valence-electron chi connectivity index (χ3n) is 2.22. The van der Waals surface area contributed by atoms with E-state index >= 15 is 0 Å². The fraction of sp³-hybridized carbons (Fsp3) is 0.100. The Morgan fingerprint density at radius 1 is 1.44 bits per heavy atom. The first-order valence-corrected chi connectivity index (χ1v) is 5.54. The second-order valence-corrected chi connectivity index (χ2v) is 4.33. The molecule has 1 aromatic carbocycles. The van der Waals surface area contributed by atoms with Crippen LogP contribution in [0.4, 0.5) is 10.2 Å². The Labute approximate surface area is 111 Å². The molecule has 1 heterocycles. The number of aromatic nitrogens is 2. The fourth-order valence-corrected chi connectivity index (χ4v) is 1.79. The highest BCUT2D eigenvalue weighted by atomic mass is 35.5. The monoisotopic (exact) mass is 289 g/mol. The largest absolute Gasteiger partial charge is 0.408 e. The second-order valence-electron chi connectivity index (χ2n) is 3.49. The normalized spacial score (nSPS) is 10.6. The van der Waals surface area contributed by atoms with E-state index in [9.17, 15) is 14.5 Å². The predicted molar refractivity (Wildman–Crippen MR) is 64.4 cm³/mol. The number of benzene rings is 1. The molecule has 0 unspecified atom stereocenters. The highest BCUT2D eigenvalue weighted by Crippen LogP contribution is 2.22. The van der Waals surface area contributed by atoms with Gasteiger partial charge in [-0.15, -0.1) is 0 Å². The molecule has 0 fully saturated rings. The average molecular weight is 290 g/mol. The van der Waals surface area contributed by atoms with Crippen LogP contribution in [-0.2, 0) is 6.54 Å². The summed E-state index contributed by atoms with van der Waals surface area (Å²) in [6.45, 7) is 0.0383. The molecule has 94 valence electrons. The fourth-order valence-electron chi connectivity index (χ4n) is 1.42. The van der Waals surface area contributed by atoms with Gasteiger partial charge in [-0.05, 0) is 17.1 Å². The smallest absolute Gasteiger partial charge is 0.358 e. The van der Waals surface area contributed by atoms with Crippen molar-refractivity contribution in [2.24, 2.45) is 0 Å². The molecule has 0 aliphatic carbocycles. The maximum atomic E-state index is 13.5. The number of hydrogen-bond acceptors (Lipinski definition) is 3. The van der Waals surface area contributed by atoms with Crippen LogP contribution in [0.15, 0.2) is 24.4 Å². The molecule has 2 aromatic rings. The third-order valence-corrected chi connectivity index (χ3v) is 2.72. The van der Waals surface area contributed by atoms with Crippen LogP contribution in [0.3, 0.4) is 0 Å². The highest BCUT2D eigenvalue weighted by molar-refractivity contribution is 6.32. The molecule has 0 aliphatic heterocycles. The lowest BCUT2D eigenvalue weighted by Gasteiger charge is -2.00. The van der Waals surface area contributed by atoms with Crippen LogP contribution >= 0.6 is 23.2 Å². The van der Waals surface area contributed by atoms with Gasteiger partial charge < -0.3 is 10.1 Å². The van der Waals surface area contributed by atoms with E-state index in [1.54, 1.807) is 0 Å². The molecule has 0 N–H and O–H groups in total. The van der Waals surface area contributed by atoms with E-state index < -0.39 is 16.6 Å². The molecule has 18 heavy (non-hydrogen) atoms. The highest BCUT2D eigenvalue weighted by Gasteiger charge is 2.19. The van der Waals surface area contributed by atoms with E-state index in [-0.39, 0.29) is 16.6 Å². The quantitative estimate of drug-likeness (QED) is 0.643. The molecule has 0 bridgehead atoms. The average Bonchev–Trinajstić information content (AvgIpc) is 2.64. The van der Waals surface area contributed by atoms with Gasteiger partial charge in [0.1, 0.15) is 5.82 Å². The number of nitro groups is 1. The first-order valence-electron chi connectivity index (χ1n) is 4.78. The van der Waals surface area contributed by atoms with Crippen LogP contribution in [0.5, 0.6) is 0 Å². The lowest BCUT2D eigenvalue weighted by molar-refractivity contribution is -0.389. The van der Waals surface area contributed by atoms with Crippen molar-refractivity contribution in [3.05, 3.63) is 55.9 Å². The minimum Gasteiger partial charge on any atom is -0.358 e. The summed E-state index contributed by atoms with van der Waals surface area (Å²) < 4.78 is 14.7. The van der Waals surface area contributed by atoms with Gasteiger partial charge in [0.2, 0.25) is 0 Å². The molecule has 5 nitrogen and oxygen atoms in total. The zero-order valence-corrected chi connectivity index (χ0v) is 10.3. The van der Waals surface area contributed by atoms with Crippen LogP contribution in [-0.4, -0.2) is 14.7 Å². The van der Waals surface area contributed by atoms with E-state index in [1.165, 1.54) is 23.0 Å². The topological polar surface area (TPSA) is 61.0 Å². The molecule has 0 spiro atoms. The number of nitrogens with zero attached hydrogens (tertiary/aromatic N) is 3. The maximum absolute atomic E-state index is 13.5. The molecule has 2 rings (SSSR count). The number of hydrogen-bond donors (Lipinski definition) is 0. The van der Waals surface area contributed by atoms with Gasteiger partial charge >= 0.3 is 5.82 Å². The van der Waals surface area contributed by atoms with E-state index in [0.29, 0.717) is 5.56 Å². The van der Waals surface area contributed by atoms with Crippen molar-refractivity contribution in [1.29, 1.82) is 0 Å². The lowest BCUT2D eigenvalue weighted by atomic mass is 10.2. The molecule has 0 amide bonds. The van der Waals surface area contributed by atoms with Gasteiger partial charge in [0.25, 0.3) is 0 Å². The summed E-state index contributed by atoms with van der Waals surface area (Å²) >= 11 is 11.2. The maximum Gasteiger partial charge on any atom is 0.408 e. The summed E-state index contributed by atoms with van der Waals surface area (Å²) in [5, 5.41) is 14.4. The first kappa shape index (κ1) is 12.8. The molecule has 0 saturated carbocycles. The molecule has 8 heteroatoms. The van der Waals surface area contributed by atoms with Crippen molar-refractivity contribution in [3.8, 4) is 0 Å². The molecule has 0 aliphatic rings. The van der Waals surface area contributed by atoms with E-state index in [4.69, 9.17) is 23.2 Å². The summed E-state index contributed by atoms with van der Waals surface area (Å²) in [7, 11) is 0. The first-order chi connectivity index (χ1) is 8.47. The van der Waals surface area contributed by atoms with Crippen molar-refractivity contribution in [2.75, 3.05) is 0 Å². The van der Waals surface area contributed by atoms with Crippen LogP contribution in [0.25, 0.3) is 0 Å². The SMILES string of the molecule is O=[N+]([O-])c1nn(Cc2ccc(Cl)cc2F)cc1Cl. The Morgan fingerprint density at radius 3 is 2.72 bits per heavy atom. The van der Waals surface area contributed by atoms with Gasteiger partial charge in [-0.25, -0.2) is 4.39 Å². The van der Waals surface area contributed by atoms with Crippen molar-refractivity contribution in [3.63, 3.8) is 0 Å². The van der Waals surface area contributed by atoms with Crippen molar-refractivity contribution in [1.82, 2.24) is 9.78 Å². The molecule has 0 atom stereocenters. The zero-order chi connectivity index (χ0) is 13.3. The Kier molecular flexibility index (Phi) is 3.49. The summed E-state index contributed by atoms with van der Waals surface area (Å²) in [6.07, 6.45) is 1.27. The number of halogens is 3. The summed E-state index contributed by atoms with van der Waals surface area (Å²) in [6, 6.07) is 4.18. The van der Waals surface area contributed by atoms with Crippen LogP contribution in [0, 0.1) is 15.9 Å². The minimum absolute atomic E-state index is 0.0383. The summed E-state index contributed by atoms with van der Waals surface area (Å²) in [5.41, 5.74) is 0.313. The molecule has 0 radical (unpaired) electrons.